The zero-order valence-electron chi connectivity index (χ0n) is 13.3. The van der Waals surface area contributed by atoms with E-state index in [0.29, 0.717) is 18.8 Å². The Hall–Kier alpha value is -1.80. The number of sulfonamides is 1. The summed E-state index contributed by atoms with van der Waals surface area (Å²) in [5.74, 6) is -1.10. The van der Waals surface area contributed by atoms with Crippen molar-refractivity contribution in [3.05, 3.63) is 23.8 Å². The SMILES string of the molecule is CCN(CCN(C)C)c1ccc(C(=O)O)cc1NS(C)(=O)=O. The fourth-order valence-electron chi connectivity index (χ4n) is 2.00. The van der Waals surface area contributed by atoms with Gasteiger partial charge < -0.3 is 14.9 Å². The quantitative estimate of drug-likeness (QED) is 0.743. The van der Waals surface area contributed by atoms with Crippen molar-refractivity contribution in [2.75, 3.05) is 49.6 Å². The molecule has 22 heavy (non-hydrogen) atoms. The van der Waals surface area contributed by atoms with Crippen molar-refractivity contribution in [2.24, 2.45) is 0 Å². The van der Waals surface area contributed by atoms with Crippen LogP contribution in [-0.2, 0) is 10.0 Å². The first-order valence-corrected chi connectivity index (χ1v) is 8.78. The van der Waals surface area contributed by atoms with Crippen molar-refractivity contribution >= 4 is 27.4 Å². The van der Waals surface area contributed by atoms with Crippen LogP contribution in [0.4, 0.5) is 11.4 Å². The Bertz CT molecular complexity index is 629. The van der Waals surface area contributed by atoms with Crippen LogP contribution in [0.1, 0.15) is 17.3 Å². The smallest absolute Gasteiger partial charge is 0.335 e. The second-order valence-corrected chi connectivity index (χ2v) is 7.04. The number of nitrogens with zero attached hydrogens (tertiary/aromatic N) is 2. The van der Waals surface area contributed by atoms with Gasteiger partial charge in [0, 0.05) is 19.6 Å². The number of carboxylic acid groups (broad SMARTS) is 1. The molecule has 0 aromatic heterocycles. The molecule has 0 bridgehead atoms. The van der Waals surface area contributed by atoms with Gasteiger partial charge in [0.15, 0.2) is 0 Å². The van der Waals surface area contributed by atoms with Crippen LogP contribution in [0, 0.1) is 0 Å². The molecule has 7 nitrogen and oxygen atoms in total. The monoisotopic (exact) mass is 329 g/mol. The second-order valence-electron chi connectivity index (χ2n) is 5.29. The van der Waals surface area contributed by atoms with Crippen molar-refractivity contribution in [3.63, 3.8) is 0 Å². The van der Waals surface area contributed by atoms with Gasteiger partial charge >= 0.3 is 5.97 Å². The van der Waals surface area contributed by atoms with Gasteiger partial charge in [-0.2, -0.15) is 0 Å². The molecule has 0 spiro atoms. The van der Waals surface area contributed by atoms with Gasteiger partial charge in [-0.1, -0.05) is 0 Å². The number of hydrogen-bond acceptors (Lipinski definition) is 5. The molecule has 0 aliphatic heterocycles. The van der Waals surface area contributed by atoms with Crippen LogP contribution in [0.3, 0.4) is 0 Å². The number of benzene rings is 1. The molecule has 2 N–H and O–H groups in total. The van der Waals surface area contributed by atoms with Gasteiger partial charge in [-0.15, -0.1) is 0 Å². The predicted molar refractivity (Wildman–Crippen MR) is 88.3 cm³/mol. The first-order valence-electron chi connectivity index (χ1n) is 6.89. The number of likely N-dealkylation sites (N-methyl/N-ethyl adjacent to an activating group) is 2. The van der Waals surface area contributed by atoms with E-state index in [1.165, 1.54) is 12.1 Å². The Labute approximate surface area is 131 Å². The van der Waals surface area contributed by atoms with Crippen molar-refractivity contribution in [3.8, 4) is 0 Å². The minimum absolute atomic E-state index is 0.0403. The average molecular weight is 329 g/mol. The number of nitrogens with one attached hydrogen (secondary N) is 1. The van der Waals surface area contributed by atoms with Crippen LogP contribution in [0.25, 0.3) is 0 Å². The van der Waals surface area contributed by atoms with Gasteiger partial charge in [-0.25, -0.2) is 13.2 Å². The number of carboxylic acids is 1. The lowest BCUT2D eigenvalue weighted by Gasteiger charge is -2.27. The summed E-state index contributed by atoms with van der Waals surface area (Å²) in [6, 6.07) is 4.45. The van der Waals surface area contributed by atoms with Crippen molar-refractivity contribution in [1.29, 1.82) is 0 Å². The molecular weight excluding hydrogens is 306 g/mol. The summed E-state index contributed by atoms with van der Waals surface area (Å²) < 4.78 is 25.5. The maximum absolute atomic E-state index is 11.5. The Morgan fingerprint density at radius 1 is 1.27 bits per heavy atom. The molecule has 0 unspecified atom stereocenters. The summed E-state index contributed by atoms with van der Waals surface area (Å²) in [6.07, 6.45) is 1.04. The van der Waals surface area contributed by atoms with E-state index < -0.39 is 16.0 Å². The molecule has 0 atom stereocenters. The van der Waals surface area contributed by atoms with Crippen LogP contribution < -0.4 is 9.62 Å². The molecule has 1 rings (SSSR count). The third kappa shape index (κ3) is 5.53. The highest BCUT2D eigenvalue weighted by molar-refractivity contribution is 7.92. The lowest BCUT2D eigenvalue weighted by Crippen LogP contribution is -2.32. The van der Waals surface area contributed by atoms with E-state index in [1.807, 2.05) is 30.8 Å². The molecule has 0 saturated heterocycles. The maximum atomic E-state index is 11.5. The summed E-state index contributed by atoms with van der Waals surface area (Å²) in [5, 5.41) is 9.07. The highest BCUT2D eigenvalue weighted by atomic mass is 32.2. The largest absolute Gasteiger partial charge is 0.478 e. The Morgan fingerprint density at radius 3 is 2.36 bits per heavy atom. The predicted octanol–water partition coefficient (Wildman–Crippen LogP) is 1.14. The number of carbonyl (C=O) groups is 1. The highest BCUT2D eigenvalue weighted by Gasteiger charge is 2.16. The fourth-order valence-corrected chi connectivity index (χ4v) is 2.56. The third-order valence-corrected chi connectivity index (χ3v) is 3.67. The minimum Gasteiger partial charge on any atom is -0.478 e. The molecule has 0 amide bonds. The molecule has 0 saturated carbocycles. The lowest BCUT2D eigenvalue weighted by molar-refractivity contribution is 0.0697. The van der Waals surface area contributed by atoms with Gasteiger partial charge in [0.05, 0.1) is 23.2 Å². The van der Waals surface area contributed by atoms with Gasteiger partial charge in [0.2, 0.25) is 10.0 Å². The van der Waals surface area contributed by atoms with E-state index in [4.69, 9.17) is 5.11 Å². The van der Waals surface area contributed by atoms with Crippen LogP contribution in [-0.4, -0.2) is 64.4 Å². The zero-order valence-corrected chi connectivity index (χ0v) is 14.1. The van der Waals surface area contributed by atoms with Crippen LogP contribution in [0.5, 0.6) is 0 Å². The molecule has 1 aromatic rings. The van der Waals surface area contributed by atoms with E-state index >= 15 is 0 Å². The normalized spacial score (nSPS) is 11.5. The highest BCUT2D eigenvalue weighted by Crippen LogP contribution is 2.28. The Kier molecular flexibility index (Phi) is 6.19. The van der Waals surface area contributed by atoms with E-state index in [9.17, 15) is 13.2 Å². The molecular formula is C14H23N3O4S. The number of aromatic carboxylic acids is 1. The summed E-state index contributed by atoms with van der Waals surface area (Å²) in [6.45, 7) is 4.14. The van der Waals surface area contributed by atoms with E-state index in [2.05, 4.69) is 4.72 Å². The van der Waals surface area contributed by atoms with Crippen LogP contribution in [0.15, 0.2) is 18.2 Å². The minimum atomic E-state index is -3.50. The summed E-state index contributed by atoms with van der Waals surface area (Å²) >= 11 is 0. The van der Waals surface area contributed by atoms with Crippen molar-refractivity contribution < 1.29 is 18.3 Å². The van der Waals surface area contributed by atoms with E-state index in [-0.39, 0.29) is 11.3 Å². The van der Waals surface area contributed by atoms with Gasteiger partial charge in [-0.3, -0.25) is 4.72 Å². The topological polar surface area (TPSA) is 89.9 Å². The maximum Gasteiger partial charge on any atom is 0.335 e. The van der Waals surface area contributed by atoms with Crippen molar-refractivity contribution in [2.45, 2.75) is 6.92 Å². The Balaban J connectivity index is 3.22. The number of anilines is 2. The first kappa shape index (κ1) is 18.2. The van der Waals surface area contributed by atoms with Gasteiger partial charge in [-0.05, 0) is 39.2 Å². The van der Waals surface area contributed by atoms with E-state index in [0.717, 1.165) is 12.8 Å². The van der Waals surface area contributed by atoms with E-state index in [1.54, 1.807) is 6.07 Å². The number of rotatable bonds is 8. The molecule has 8 heteroatoms. The second kappa shape index (κ2) is 7.46. The molecule has 0 fully saturated rings. The standard InChI is InChI=1S/C14H23N3O4S/c1-5-17(9-8-16(2)3)13-7-6-11(14(18)19)10-12(13)15-22(4,20)21/h6-7,10,15H,5,8-9H2,1-4H3,(H,18,19). The van der Waals surface area contributed by atoms with Gasteiger partial charge in [0.1, 0.15) is 0 Å². The molecule has 124 valence electrons. The average Bonchev–Trinajstić information content (AvgIpc) is 2.38. The Morgan fingerprint density at radius 2 is 1.91 bits per heavy atom. The molecule has 0 radical (unpaired) electrons. The number of hydrogen-bond donors (Lipinski definition) is 2. The van der Waals surface area contributed by atoms with Crippen LogP contribution in [0.2, 0.25) is 0 Å². The summed E-state index contributed by atoms with van der Waals surface area (Å²) in [7, 11) is 0.416. The van der Waals surface area contributed by atoms with Crippen molar-refractivity contribution in [1.82, 2.24) is 4.90 Å². The summed E-state index contributed by atoms with van der Waals surface area (Å²) in [4.78, 5) is 15.1. The third-order valence-electron chi connectivity index (χ3n) is 3.08. The molecule has 0 heterocycles. The molecule has 0 aliphatic carbocycles. The molecule has 1 aromatic carbocycles. The molecule has 0 aliphatic rings. The zero-order chi connectivity index (χ0) is 16.9. The summed E-state index contributed by atoms with van der Waals surface area (Å²) in [5.41, 5.74) is 0.987. The lowest BCUT2D eigenvalue weighted by atomic mass is 10.1. The van der Waals surface area contributed by atoms with Crippen LogP contribution >= 0.6 is 0 Å². The fraction of sp³-hybridized carbons (Fsp3) is 0.500. The van der Waals surface area contributed by atoms with Gasteiger partial charge in [0.25, 0.3) is 0 Å². The first-order chi connectivity index (χ1) is 10.1.